The van der Waals surface area contributed by atoms with Gasteiger partial charge in [-0.25, -0.2) is 14.5 Å². The normalized spacial score (nSPS) is 20.5. The van der Waals surface area contributed by atoms with Crippen molar-refractivity contribution in [2.75, 3.05) is 31.7 Å². The van der Waals surface area contributed by atoms with Crippen LogP contribution in [0.25, 0.3) is 27.7 Å². The molecule has 0 spiro atoms. The highest BCUT2D eigenvalue weighted by Gasteiger charge is 2.55. The molecule has 37 heavy (non-hydrogen) atoms. The Balaban J connectivity index is 1.05. The van der Waals surface area contributed by atoms with E-state index in [0.29, 0.717) is 30.4 Å². The molecule has 0 amide bonds. The first-order valence-corrected chi connectivity index (χ1v) is 12.6. The van der Waals surface area contributed by atoms with E-state index in [1.165, 1.54) is 5.56 Å². The third kappa shape index (κ3) is 3.84. The number of aromatic nitrogens is 6. The van der Waals surface area contributed by atoms with Gasteiger partial charge in [-0.1, -0.05) is 6.07 Å². The highest BCUT2D eigenvalue weighted by Crippen LogP contribution is 2.46. The van der Waals surface area contributed by atoms with Crippen molar-refractivity contribution in [1.29, 1.82) is 0 Å². The molecule has 6 heterocycles. The maximum Gasteiger partial charge on any atom is 0.212 e. The molecule has 7 rings (SSSR count). The van der Waals surface area contributed by atoms with E-state index in [-0.39, 0.29) is 0 Å². The van der Waals surface area contributed by atoms with E-state index in [1.807, 2.05) is 42.3 Å². The first-order chi connectivity index (χ1) is 18.2. The zero-order valence-corrected chi connectivity index (χ0v) is 20.8. The minimum absolute atomic E-state index is 0.562. The maximum atomic E-state index is 5.81. The molecule has 5 aromatic heterocycles. The van der Waals surface area contributed by atoms with Crippen LogP contribution in [0.3, 0.4) is 0 Å². The van der Waals surface area contributed by atoms with Crippen molar-refractivity contribution in [1.82, 2.24) is 35.1 Å². The Morgan fingerprint density at radius 1 is 1.08 bits per heavy atom. The molecule has 2 aliphatic rings. The lowest BCUT2D eigenvalue weighted by molar-refractivity contribution is 0.338. The summed E-state index contributed by atoms with van der Waals surface area (Å²) in [5.74, 6) is 3.77. The molecule has 10 heteroatoms. The van der Waals surface area contributed by atoms with E-state index < -0.39 is 0 Å². The second kappa shape index (κ2) is 8.74. The molecule has 0 radical (unpaired) electrons. The molecule has 1 aliphatic heterocycles. The Morgan fingerprint density at radius 2 is 1.97 bits per heavy atom. The Hall–Kier alpha value is -4.18. The second-order valence-electron chi connectivity index (χ2n) is 9.70. The van der Waals surface area contributed by atoms with Gasteiger partial charge in [0.1, 0.15) is 11.6 Å². The fraction of sp³-hybridized carbons (Fsp3) is 0.333. The zero-order valence-electron chi connectivity index (χ0n) is 20.8. The maximum absolute atomic E-state index is 5.81. The van der Waals surface area contributed by atoms with Crippen molar-refractivity contribution >= 4 is 22.4 Å². The van der Waals surface area contributed by atoms with Crippen molar-refractivity contribution < 1.29 is 9.47 Å². The first-order valence-electron chi connectivity index (χ1n) is 12.6. The summed E-state index contributed by atoms with van der Waals surface area (Å²) >= 11 is 0. The molecule has 0 bridgehead atoms. The van der Waals surface area contributed by atoms with E-state index in [4.69, 9.17) is 14.5 Å². The van der Waals surface area contributed by atoms with E-state index >= 15 is 0 Å². The van der Waals surface area contributed by atoms with Gasteiger partial charge in [-0.2, -0.15) is 5.10 Å². The van der Waals surface area contributed by atoms with Crippen LogP contribution in [0.1, 0.15) is 12.5 Å². The number of methoxy groups -OCH3 is 1. The minimum atomic E-state index is 0.562. The molecule has 1 unspecified atom stereocenters. The highest BCUT2D eigenvalue weighted by molar-refractivity contribution is 6.00. The number of fused-ring (bicyclic) bond motifs is 4. The number of H-pyrrole nitrogens is 1. The topological polar surface area (TPSA) is 105 Å². The predicted octanol–water partition coefficient (Wildman–Crippen LogP) is 3.30. The Labute approximate surface area is 213 Å². The third-order valence-electron chi connectivity index (χ3n) is 7.54. The van der Waals surface area contributed by atoms with Gasteiger partial charge in [0.25, 0.3) is 0 Å². The largest absolute Gasteiger partial charge is 0.492 e. The Morgan fingerprint density at radius 3 is 2.70 bits per heavy atom. The molecule has 3 atom stereocenters. The summed E-state index contributed by atoms with van der Waals surface area (Å²) in [6.07, 6.45) is 7.55. The SMILES string of the molecule is CCOc1cc(-c2ccc(N3C[C@@H]4C(NCc5ccc(OC)nc5)[C@@H]4C3)nc2)c2c3cn[nH]c3nn2c1. The average Bonchev–Trinajstić information content (AvgIpc) is 3.31. The Bertz CT molecular complexity index is 1550. The molecular formula is C27H28N8O2. The van der Waals surface area contributed by atoms with Gasteiger partial charge in [-0.3, -0.25) is 5.10 Å². The lowest BCUT2D eigenvalue weighted by Crippen LogP contribution is -2.31. The quantitative estimate of drug-likeness (QED) is 0.337. The molecule has 0 aromatic carbocycles. The monoisotopic (exact) mass is 496 g/mol. The van der Waals surface area contributed by atoms with Crippen LogP contribution in [0.4, 0.5) is 5.82 Å². The summed E-state index contributed by atoms with van der Waals surface area (Å²) in [6.45, 7) is 5.45. The van der Waals surface area contributed by atoms with Gasteiger partial charge >= 0.3 is 0 Å². The predicted molar refractivity (Wildman–Crippen MR) is 140 cm³/mol. The average molecular weight is 497 g/mol. The van der Waals surface area contributed by atoms with Crippen molar-refractivity contribution in [2.24, 2.45) is 11.8 Å². The minimum Gasteiger partial charge on any atom is -0.492 e. The van der Waals surface area contributed by atoms with Crippen molar-refractivity contribution in [3.05, 3.63) is 60.7 Å². The number of hydrogen-bond acceptors (Lipinski definition) is 8. The van der Waals surface area contributed by atoms with Gasteiger partial charge in [0, 0.05) is 55.3 Å². The number of pyridine rings is 3. The van der Waals surface area contributed by atoms with Crippen molar-refractivity contribution in [3.63, 3.8) is 0 Å². The summed E-state index contributed by atoms with van der Waals surface area (Å²) in [5, 5.41) is 16.4. The van der Waals surface area contributed by atoms with E-state index in [2.05, 4.69) is 54.8 Å². The molecule has 1 aliphatic carbocycles. The van der Waals surface area contributed by atoms with Gasteiger partial charge < -0.3 is 19.7 Å². The van der Waals surface area contributed by atoms with Crippen molar-refractivity contribution in [3.8, 4) is 22.8 Å². The number of aromatic amines is 1. The van der Waals surface area contributed by atoms with Crippen LogP contribution < -0.4 is 19.7 Å². The molecule has 1 saturated heterocycles. The molecule has 2 fully saturated rings. The number of ether oxygens (including phenoxy) is 2. The standard InChI is InChI=1S/C27H28N8O2/c1-3-37-18-8-19(26-20-12-31-32-27(20)33-35(26)13-18)17-5-6-23(28-11-17)34-14-21-22(15-34)25(21)30-10-16-4-7-24(36-2)29-9-16/h4-9,11-13,21-22,25,30H,3,10,14-15H2,1-2H3,(H,32,33)/t21-,22+,25?. The van der Waals surface area contributed by atoms with Crippen LogP contribution in [-0.2, 0) is 6.54 Å². The second-order valence-corrected chi connectivity index (χ2v) is 9.70. The fourth-order valence-electron chi connectivity index (χ4n) is 5.63. The molecule has 188 valence electrons. The van der Waals surface area contributed by atoms with E-state index in [9.17, 15) is 0 Å². The number of nitrogens with zero attached hydrogens (tertiary/aromatic N) is 6. The highest BCUT2D eigenvalue weighted by atomic mass is 16.5. The fourth-order valence-corrected chi connectivity index (χ4v) is 5.63. The summed E-state index contributed by atoms with van der Waals surface area (Å²) in [4.78, 5) is 11.5. The molecule has 10 nitrogen and oxygen atoms in total. The van der Waals surface area contributed by atoms with Crippen LogP contribution >= 0.6 is 0 Å². The summed E-state index contributed by atoms with van der Waals surface area (Å²) in [5.41, 5.74) is 4.96. The molecular weight excluding hydrogens is 468 g/mol. The van der Waals surface area contributed by atoms with Gasteiger partial charge in [0.05, 0.1) is 37.0 Å². The number of hydrogen-bond donors (Lipinski definition) is 2. The third-order valence-corrected chi connectivity index (χ3v) is 7.54. The molecule has 5 aromatic rings. The Kier molecular flexibility index (Phi) is 5.21. The lowest BCUT2D eigenvalue weighted by atomic mass is 10.1. The van der Waals surface area contributed by atoms with Crippen molar-refractivity contribution in [2.45, 2.75) is 19.5 Å². The number of anilines is 1. The smallest absolute Gasteiger partial charge is 0.212 e. The molecule has 1 saturated carbocycles. The van der Waals surface area contributed by atoms with E-state index in [0.717, 1.165) is 58.9 Å². The van der Waals surface area contributed by atoms with Gasteiger partial charge in [-0.05, 0) is 42.5 Å². The number of rotatable bonds is 8. The van der Waals surface area contributed by atoms with Crippen LogP contribution in [0, 0.1) is 11.8 Å². The summed E-state index contributed by atoms with van der Waals surface area (Å²) in [6, 6.07) is 10.9. The zero-order chi connectivity index (χ0) is 24.9. The number of nitrogens with one attached hydrogen (secondary N) is 2. The summed E-state index contributed by atoms with van der Waals surface area (Å²) in [7, 11) is 1.64. The first kappa shape index (κ1) is 22.1. The lowest BCUT2D eigenvalue weighted by Gasteiger charge is -2.21. The van der Waals surface area contributed by atoms with E-state index in [1.54, 1.807) is 7.11 Å². The van der Waals surface area contributed by atoms with Crippen LogP contribution in [0.5, 0.6) is 11.6 Å². The van der Waals surface area contributed by atoms with Gasteiger partial charge in [0.2, 0.25) is 5.88 Å². The number of piperidine rings is 1. The van der Waals surface area contributed by atoms with Crippen LogP contribution in [-0.4, -0.2) is 62.6 Å². The van der Waals surface area contributed by atoms with Gasteiger partial charge in [0.15, 0.2) is 5.65 Å². The van der Waals surface area contributed by atoms with Crippen LogP contribution in [0.15, 0.2) is 55.1 Å². The summed E-state index contributed by atoms with van der Waals surface area (Å²) < 4.78 is 12.8. The van der Waals surface area contributed by atoms with Crippen LogP contribution in [0.2, 0.25) is 0 Å². The molecule has 2 N–H and O–H groups in total. The van der Waals surface area contributed by atoms with Gasteiger partial charge in [-0.15, -0.1) is 5.10 Å².